The number of ether oxygens (including phenoxy) is 1. The molecule has 1 heterocycles. The molecule has 0 unspecified atom stereocenters. The lowest BCUT2D eigenvalue weighted by Gasteiger charge is -2.04. The van der Waals surface area contributed by atoms with E-state index < -0.39 is 0 Å². The van der Waals surface area contributed by atoms with Gasteiger partial charge in [-0.05, 0) is 12.1 Å². The minimum Gasteiger partial charge on any atom is -0.497 e. The van der Waals surface area contributed by atoms with Crippen molar-refractivity contribution in [3.63, 3.8) is 0 Å². The molecule has 0 aliphatic heterocycles. The number of nitrogens with two attached hydrogens (primary N) is 1. The molecule has 13 heavy (non-hydrogen) atoms. The van der Waals surface area contributed by atoms with Gasteiger partial charge in [0.2, 0.25) is 0 Å². The van der Waals surface area contributed by atoms with E-state index in [1.165, 1.54) is 0 Å². The zero-order valence-corrected chi connectivity index (χ0v) is 7.32. The number of benzene rings is 1. The van der Waals surface area contributed by atoms with E-state index in [1.54, 1.807) is 19.5 Å². The van der Waals surface area contributed by atoms with Gasteiger partial charge in [-0.2, -0.15) is 0 Å². The highest BCUT2D eigenvalue weighted by atomic mass is 16.5. The Morgan fingerprint density at radius 3 is 3.00 bits per heavy atom. The molecule has 66 valence electrons. The first-order valence-electron chi connectivity index (χ1n) is 3.98. The molecule has 0 spiro atoms. The third-order valence-electron chi connectivity index (χ3n) is 1.99. The van der Waals surface area contributed by atoms with E-state index in [0.717, 1.165) is 22.2 Å². The summed E-state index contributed by atoms with van der Waals surface area (Å²) in [5.41, 5.74) is 6.54. The van der Waals surface area contributed by atoms with Crippen molar-refractivity contribution in [2.45, 2.75) is 0 Å². The maximum atomic E-state index is 5.82. The Morgan fingerprint density at radius 2 is 2.23 bits per heavy atom. The number of fused-ring (bicyclic) bond motifs is 1. The van der Waals surface area contributed by atoms with Crippen LogP contribution in [0, 0.1) is 0 Å². The largest absolute Gasteiger partial charge is 0.497 e. The number of rotatable bonds is 1. The number of nitrogen functional groups attached to an aromatic ring is 1. The number of methoxy groups -OCH3 is 1. The maximum Gasteiger partial charge on any atom is 0.121 e. The van der Waals surface area contributed by atoms with Gasteiger partial charge >= 0.3 is 0 Å². The Labute approximate surface area is 76.2 Å². The molecule has 1 aromatic carbocycles. The first-order chi connectivity index (χ1) is 6.31. The minimum atomic E-state index is 0.719. The summed E-state index contributed by atoms with van der Waals surface area (Å²) in [6.07, 6.45) is 3.50. The molecule has 0 fully saturated rings. The molecule has 1 aromatic heterocycles. The van der Waals surface area contributed by atoms with Crippen LogP contribution in [0.3, 0.4) is 0 Å². The number of nitrogens with zero attached hydrogens (tertiary/aromatic N) is 1. The van der Waals surface area contributed by atoms with Gasteiger partial charge < -0.3 is 10.5 Å². The number of anilines is 1. The van der Waals surface area contributed by atoms with E-state index in [1.807, 2.05) is 18.2 Å². The quantitative estimate of drug-likeness (QED) is 0.671. The Hall–Kier alpha value is -1.77. The van der Waals surface area contributed by atoms with Gasteiger partial charge in [0.1, 0.15) is 5.75 Å². The zero-order valence-electron chi connectivity index (χ0n) is 7.32. The molecule has 2 N–H and O–H groups in total. The second kappa shape index (κ2) is 2.94. The summed E-state index contributed by atoms with van der Waals surface area (Å²) in [5.74, 6) is 0.762. The van der Waals surface area contributed by atoms with Crippen LogP contribution in [-0.4, -0.2) is 12.1 Å². The molecule has 3 nitrogen and oxygen atoms in total. The first-order valence-corrected chi connectivity index (χ1v) is 3.98. The Bertz CT molecular complexity index is 440. The smallest absolute Gasteiger partial charge is 0.121 e. The average Bonchev–Trinajstić information content (AvgIpc) is 2.18. The number of hydrogen-bond donors (Lipinski definition) is 1. The summed E-state index contributed by atoms with van der Waals surface area (Å²) in [4.78, 5) is 4.02. The molecule has 3 heteroatoms. The first kappa shape index (κ1) is 7.86. The topological polar surface area (TPSA) is 48.1 Å². The van der Waals surface area contributed by atoms with Crippen LogP contribution in [0.25, 0.3) is 10.8 Å². The van der Waals surface area contributed by atoms with Crippen LogP contribution >= 0.6 is 0 Å². The molecule has 0 saturated heterocycles. The summed E-state index contributed by atoms with van der Waals surface area (Å²) in [5, 5.41) is 2.01. The molecule has 2 aromatic rings. The third kappa shape index (κ3) is 1.28. The minimum absolute atomic E-state index is 0.719. The zero-order chi connectivity index (χ0) is 9.26. The second-order valence-electron chi connectivity index (χ2n) is 2.81. The van der Waals surface area contributed by atoms with Crippen molar-refractivity contribution in [2.24, 2.45) is 0 Å². The number of aromatic nitrogens is 1. The van der Waals surface area contributed by atoms with Crippen molar-refractivity contribution in [2.75, 3.05) is 12.8 Å². The fourth-order valence-electron chi connectivity index (χ4n) is 1.33. The van der Waals surface area contributed by atoms with Crippen molar-refractivity contribution in [1.29, 1.82) is 0 Å². The summed E-state index contributed by atoms with van der Waals surface area (Å²) >= 11 is 0. The fraction of sp³-hybridized carbons (Fsp3) is 0.100. The van der Waals surface area contributed by atoms with Crippen LogP contribution < -0.4 is 10.5 Å². The van der Waals surface area contributed by atoms with Crippen molar-refractivity contribution in [1.82, 2.24) is 4.98 Å². The number of pyridine rings is 1. The lowest BCUT2D eigenvalue weighted by Crippen LogP contribution is -1.90. The maximum absolute atomic E-state index is 5.82. The van der Waals surface area contributed by atoms with Crippen LogP contribution in [0.2, 0.25) is 0 Å². The molecule has 0 aliphatic rings. The van der Waals surface area contributed by atoms with Gasteiger partial charge in [0.25, 0.3) is 0 Å². The van der Waals surface area contributed by atoms with Gasteiger partial charge in [0.15, 0.2) is 0 Å². The fourth-order valence-corrected chi connectivity index (χ4v) is 1.33. The summed E-state index contributed by atoms with van der Waals surface area (Å²) in [6.45, 7) is 0. The molecule has 0 radical (unpaired) electrons. The van der Waals surface area contributed by atoms with Crippen LogP contribution in [0.4, 0.5) is 5.69 Å². The molecule has 0 saturated carbocycles. The second-order valence-corrected chi connectivity index (χ2v) is 2.81. The van der Waals surface area contributed by atoms with E-state index in [4.69, 9.17) is 10.5 Å². The lowest BCUT2D eigenvalue weighted by molar-refractivity contribution is 0.415. The molecular formula is C10H10N2O. The van der Waals surface area contributed by atoms with E-state index in [2.05, 4.69) is 4.98 Å². The van der Waals surface area contributed by atoms with Gasteiger partial charge in [-0.25, -0.2) is 0 Å². The summed E-state index contributed by atoms with van der Waals surface area (Å²) < 4.78 is 5.10. The third-order valence-corrected chi connectivity index (χ3v) is 1.99. The molecule has 2 rings (SSSR count). The molecule has 0 bridgehead atoms. The predicted octanol–water partition coefficient (Wildman–Crippen LogP) is 1.83. The van der Waals surface area contributed by atoms with Crippen molar-refractivity contribution < 1.29 is 4.74 Å². The predicted molar refractivity (Wildman–Crippen MR) is 52.7 cm³/mol. The highest BCUT2D eigenvalue weighted by Gasteiger charge is 2.00. The molecule has 0 aliphatic carbocycles. The van der Waals surface area contributed by atoms with Gasteiger partial charge in [-0.1, -0.05) is 0 Å². The average molecular weight is 174 g/mol. The molecule has 0 amide bonds. The highest BCUT2D eigenvalue weighted by Crippen LogP contribution is 2.25. The van der Waals surface area contributed by atoms with E-state index in [9.17, 15) is 0 Å². The standard InChI is InChI=1S/C10H10N2O/c1-13-8-4-7-6-12-3-2-9(7)10(11)5-8/h2-6H,11H2,1H3. The Kier molecular flexibility index (Phi) is 1.77. The Balaban J connectivity index is 2.77. The molecule has 0 atom stereocenters. The van der Waals surface area contributed by atoms with Crippen LogP contribution in [-0.2, 0) is 0 Å². The van der Waals surface area contributed by atoms with Gasteiger partial charge in [-0.15, -0.1) is 0 Å². The Morgan fingerprint density at radius 1 is 1.38 bits per heavy atom. The van der Waals surface area contributed by atoms with Crippen molar-refractivity contribution >= 4 is 16.5 Å². The van der Waals surface area contributed by atoms with Gasteiger partial charge in [-0.3, -0.25) is 4.98 Å². The monoisotopic (exact) mass is 174 g/mol. The lowest BCUT2D eigenvalue weighted by atomic mass is 10.1. The van der Waals surface area contributed by atoms with Gasteiger partial charge in [0, 0.05) is 34.9 Å². The van der Waals surface area contributed by atoms with Crippen LogP contribution in [0.15, 0.2) is 30.6 Å². The van der Waals surface area contributed by atoms with E-state index >= 15 is 0 Å². The highest BCUT2D eigenvalue weighted by molar-refractivity contribution is 5.93. The van der Waals surface area contributed by atoms with E-state index in [-0.39, 0.29) is 0 Å². The van der Waals surface area contributed by atoms with E-state index in [0.29, 0.717) is 0 Å². The summed E-state index contributed by atoms with van der Waals surface area (Å²) in [7, 11) is 1.62. The van der Waals surface area contributed by atoms with Crippen LogP contribution in [0.5, 0.6) is 5.75 Å². The van der Waals surface area contributed by atoms with Gasteiger partial charge in [0.05, 0.1) is 7.11 Å². The number of hydrogen-bond acceptors (Lipinski definition) is 3. The normalized spacial score (nSPS) is 10.2. The molecular weight excluding hydrogens is 164 g/mol. The SMILES string of the molecule is COc1cc(N)c2ccncc2c1. The van der Waals surface area contributed by atoms with Crippen molar-refractivity contribution in [3.05, 3.63) is 30.6 Å². The van der Waals surface area contributed by atoms with Crippen LogP contribution in [0.1, 0.15) is 0 Å². The summed E-state index contributed by atoms with van der Waals surface area (Å²) in [6, 6.07) is 5.62. The van der Waals surface area contributed by atoms with Crippen molar-refractivity contribution in [3.8, 4) is 5.75 Å².